The lowest BCUT2D eigenvalue weighted by Crippen LogP contribution is -2.12. The smallest absolute Gasteiger partial charge is 0.0991 e. The first-order valence-electron chi connectivity index (χ1n) is 6.08. The molecule has 0 aromatic heterocycles. The summed E-state index contributed by atoms with van der Waals surface area (Å²) in [6, 6.07) is 8.37. The Morgan fingerprint density at radius 2 is 2.31 bits per heavy atom. The van der Waals surface area contributed by atoms with Crippen LogP contribution in [0.15, 0.2) is 18.2 Å². The van der Waals surface area contributed by atoms with Gasteiger partial charge in [0.25, 0.3) is 0 Å². The van der Waals surface area contributed by atoms with Crippen LogP contribution in [0.1, 0.15) is 48.3 Å². The Balaban J connectivity index is 2.25. The molecule has 1 aromatic carbocycles. The lowest BCUT2D eigenvalue weighted by atomic mass is 9.80. The molecule has 1 aliphatic rings. The van der Waals surface area contributed by atoms with E-state index in [1.807, 2.05) is 6.07 Å². The molecule has 1 aromatic rings. The third kappa shape index (κ3) is 2.25. The SMILES string of the molecule is N#Cc1ccc2c(c1)[C@@H](CCCN)CCC2. The molecule has 0 heterocycles. The minimum absolute atomic E-state index is 0.626. The van der Waals surface area contributed by atoms with Crippen molar-refractivity contribution in [3.63, 3.8) is 0 Å². The molecule has 2 N–H and O–H groups in total. The van der Waals surface area contributed by atoms with E-state index in [1.165, 1.54) is 36.8 Å². The van der Waals surface area contributed by atoms with Crippen molar-refractivity contribution in [3.05, 3.63) is 34.9 Å². The molecule has 84 valence electrons. The summed E-state index contributed by atoms with van der Waals surface area (Å²) in [6.45, 7) is 0.768. The maximum absolute atomic E-state index is 8.93. The zero-order valence-corrected chi connectivity index (χ0v) is 9.58. The zero-order chi connectivity index (χ0) is 11.4. The Labute approximate surface area is 97.1 Å². The average Bonchev–Trinajstić information content (AvgIpc) is 2.35. The lowest BCUT2D eigenvalue weighted by Gasteiger charge is -2.25. The Bertz CT molecular complexity index is 404. The molecule has 2 rings (SSSR count). The van der Waals surface area contributed by atoms with Crippen LogP contribution >= 0.6 is 0 Å². The third-order valence-corrected chi connectivity index (χ3v) is 3.47. The number of hydrogen-bond donors (Lipinski definition) is 1. The molecule has 16 heavy (non-hydrogen) atoms. The Morgan fingerprint density at radius 1 is 1.44 bits per heavy atom. The molecule has 0 amide bonds. The van der Waals surface area contributed by atoms with E-state index in [0.29, 0.717) is 5.92 Å². The summed E-state index contributed by atoms with van der Waals surface area (Å²) in [5.74, 6) is 0.626. The predicted octanol–water partition coefficient (Wildman–Crippen LogP) is 2.72. The highest BCUT2D eigenvalue weighted by atomic mass is 14.5. The van der Waals surface area contributed by atoms with Crippen LogP contribution < -0.4 is 5.73 Å². The maximum atomic E-state index is 8.93. The third-order valence-electron chi connectivity index (χ3n) is 3.47. The number of nitriles is 1. The van der Waals surface area contributed by atoms with Gasteiger partial charge in [0.1, 0.15) is 0 Å². The van der Waals surface area contributed by atoms with Gasteiger partial charge in [0.05, 0.1) is 11.6 Å². The quantitative estimate of drug-likeness (QED) is 0.841. The van der Waals surface area contributed by atoms with Crippen LogP contribution in [0.4, 0.5) is 0 Å². The summed E-state index contributed by atoms with van der Waals surface area (Å²) < 4.78 is 0. The van der Waals surface area contributed by atoms with Crippen molar-refractivity contribution < 1.29 is 0 Å². The van der Waals surface area contributed by atoms with E-state index in [0.717, 1.165) is 18.5 Å². The highest BCUT2D eigenvalue weighted by molar-refractivity contribution is 5.41. The van der Waals surface area contributed by atoms with Gasteiger partial charge < -0.3 is 5.73 Å². The second-order valence-corrected chi connectivity index (χ2v) is 4.55. The second-order valence-electron chi connectivity index (χ2n) is 4.55. The summed E-state index contributed by atoms with van der Waals surface area (Å²) in [7, 11) is 0. The van der Waals surface area contributed by atoms with Crippen LogP contribution in [0.3, 0.4) is 0 Å². The van der Waals surface area contributed by atoms with Crippen molar-refractivity contribution in [2.24, 2.45) is 5.73 Å². The van der Waals surface area contributed by atoms with Gasteiger partial charge in [-0.1, -0.05) is 6.07 Å². The minimum atomic E-state index is 0.626. The fourth-order valence-corrected chi connectivity index (χ4v) is 2.63. The second kappa shape index (κ2) is 5.14. The minimum Gasteiger partial charge on any atom is -0.330 e. The standard InChI is InChI=1S/C14H18N2/c15-8-2-5-12-3-1-4-13-7-6-11(10-16)9-14(12)13/h6-7,9,12H,1-5,8,15H2/t12-/m1/s1. The molecule has 0 saturated carbocycles. The van der Waals surface area contributed by atoms with Gasteiger partial charge in [-0.15, -0.1) is 0 Å². The summed E-state index contributed by atoms with van der Waals surface area (Å²) in [6.07, 6.45) is 5.94. The van der Waals surface area contributed by atoms with E-state index < -0.39 is 0 Å². The molecule has 0 radical (unpaired) electrons. The Kier molecular flexibility index (Phi) is 3.58. The first-order chi connectivity index (χ1) is 7.85. The van der Waals surface area contributed by atoms with Crippen molar-refractivity contribution in [1.29, 1.82) is 5.26 Å². The Morgan fingerprint density at radius 3 is 3.06 bits per heavy atom. The van der Waals surface area contributed by atoms with Gasteiger partial charge in [0.2, 0.25) is 0 Å². The van der Waals surface area contributed by atoms with Crippen LogP contribution in [-0.2, 0) is 6.42 Å². The first-order valence-corrected chi connectivity index (χ1v) is 6.08. The zero-order valence-electron chi connectivity index (χ0n) is 9.58. The molecule has 0 aliphatic heterocycles. The van der Waals surface area contributed by atoms with E-state index in [9.17, 15) is 0 Å². The monoisotopic (exact) mass is 214 g/mol. The van der Waals surface area contributed by atoms with Crippen molar-refractivity contribution in [2.75, 3.05) is 6.54 Å². The van der Waals surface area contributed by atoms with Crippen LogP contribution in [0.25, 0.3) is 0 Å². The highest BCUT2D eigenvalue weighted by Gasteiger charge is 2.19. The largest absolute Gasteiger partial charge is 0.330 e. The molecule has 0 bridgehead atoms. The van der Waals surface area contributed by atoms with Gasteiger partial charge in [-0.3, -0.25) is 0 Å². The van der Waals surface area contributed by atoms with Crippen LogP contribution in [0.5, 0.6) is 0 Å². The molecule has 2 nitrogen and oxygen atoms in total. The molecule has 1 atom stereocenters. The van der Waals surface area contributed by atoms with Crippen LogP contribution in [0, 0.1) is 11.3 Å². The molecular formula is C14H18N2. The Hall–Kier alpha value is -1.33. The summed E-state index contributed by atoms with van der Waals surface area (Å²) >= 11 is 0. The first kappa shape index (κ1) is 11.2. The van der Waals surface area contributed by atoms with E-state index >= 15 is 0 Å². The summed E-state index contributed by atoms with van der Waals surface area (Å²) in [4.78, 5) is 0. The molecule has 0 fully saturated rings. The van der Waals surface area contributed by atoms with Crippen LogP contribution in [0.2, 0.25) is 0 Å². The number of aryl methyl sites for hydroxylation is 1. The average molecular weight is 214 g/mol. The van der Waals surface area contributed by atoms with Crippen molar-refractivity contribution in [2.45, 2.75) is 38.0 Å². The maximum Gasteiger partial charge on any atom is 0.0991 e. The summed E-state index contributed by atoms with van der Waals surface area (Å²) in [5, 5.41) is 8.93. The number of rotatable bonds is 3. The number of benzene rings is 1. The van der Waals surface area contributed by atoms with Gasteiger partial charge in [-0.2, -0.15) is 5.26 Å². The van der Waals surface area contributed by atoms with Gasteiger partial charge in [0, 0.05) is 0 Å². The predicted molar refractivity (Wildman–Crippen MR) is 65.1 cm³/mol. The van der Waals surface area contributed by atoms with Crippen molar-refractivity contribution >= 4 is 0 Å². The topological polar surface area (TPSA) is 49.8 Å². The lowest BCUT2D eigenvalue weighted by molar-refractivity contribution is 0.507. The normalized spacial score (nSPS) is 18.9. The van der Waals surface area contributed by atoms with Gasteiger partial charge >= 0.3 is 0 Å². The van der Waals surface area contributed by atoms with E-state index in [1.54, 1.807) is 0 Å². The number of hydrogen-bond acceptors (Lipinski definition) is 2. The van der Waals surface area contributed by atoms with E-state index in [2.05, 4.69) is 18.2 Å². The van der Waals surface area contributed by atoms with E-state index in [-0.39, 0.29) is 0 Å². The number of nitrogens with zero attached hydrogens (tertiary/aromatic N) is 1. The van der Waals surface area contributed by atoms with Crippen LogP contribution in [-0.4, -0.2) is 6.54 Å². The molecule has 1 aliphatic carbocycles. The van der Waals surface area contributed by atoms with Gasteiger partial charge in [-0.25, -0.2) is 0 Å². The summed E-state index contributed by atoms with van der Waals surface area (Å²) in [5.41, 5.74) is 9.20. The highest BCUT2D eigenvalue weighted by Crippen LogP contribution is 2.35. The molecule has 0 spiro atoms. The molecule has 0 saturated heterocycles. The fourth-order valence-electron chi connectivity index (χ4n) is 2.63. The number of fused-ring (bicyclic) bond motifs is 1. The van der Waals surface area contributed by atoms with Crippen molar-refractivity contribution in [1.82, 2.24) is 0 Å². The number of nitrogens with two attached hydrogens (primary N) is 1. The van der Waals surface area contributed by atoms with Crippen molar-refractivity contribution in [3.8, 4) is 6.07 Å². The molecular weight excluding hydrogens is 196 g/mol. The van der Waals surface area contributed by atoms with E-state index in [4.69, 9.17) is 11.0 Å². The van der Waals surface area contributed by atoms with Gasteiger partial charge in [0.15, 0.2) is 0 Å². The van der Waals surface area contributed by atoms with Gasteiger partial charge in [-0.05, 0) is 67.8 Å². The molecule has 0 unspecified atom stereocenters. The fraction of sp³-hybridized carbons (Fsp3) is 0.500. The molecule has 2 heteroatoms.